The highest BCUT2D eigenvalue weighted by molar-refractivity contribution is 5.80. The molecule has 18 heavy (non-hydrogen) atoms. The average molecular weight is 247 g/mol. The van der Waals surface area contributed by atoms with Gasteiger partial charge in [-0.05, 0) is 25.0 Å². The topological polar surface area (TPSA) is 55.4 Å². The van der Waals surface area contributed by atoms with E-state index < -0.39 is 0 Å². The molecular weight excluding hydrogens is 230 g/mol. The molecule has 0 atom stereocenters. The minimum atomic E-state index is -0.127. The predicted molar refractivity (Wildman–Crippen MR) is 67.3 cm³/mol. The SMILES string of the molecule is O=C1CCC(NC(=O)COc2ccccc2)CC1. The number of carbonyl (C=O) groups excluding carboxylic acids is 2. The number of para-hydroxylation sites is 1. The number of nitrogens with one attached hydrogen (secondary N) is 1. The zero-order valence-electron chi connectivity index (χ0n) is 10.2. The van der Waals surface area contributed by atoms with Crippen LogP contribution in [-0.2, 0) is 9.59 Å². The second kappa shape index (κ2) is 6.19. The summed E-state index contributed by atoms with van der Waals surface area (Å²) in [6.07, 6.45) is 2.64. The molecule has 0 radical (unpaired) electrons. The van der Waals surface area contributed by atoms with Crippen LogP contribution in [0, 0.1) is 0 Å². The summed E-state index contributed by atoms with van der Waals surface area (Å²) in [5.41, 5.74) is 0. The molecule has 1 aliphatic rings. The molecule has 1 aliphatic carbocycles. The number of ether oxygens (including phenoxy) is 1. The highest BCUT2D eigenvalue weighted by Gasteiger charge is 2.20. The Balaban J connectivity index is 1.71. The Labute approximate surface area is 106 Å². The van der Waals surface area contributed by atoms with Crippen LogP contribution in [-0.4, -0.2) is 24.3 Å². The third kappa shape index (κ3) is 3.87. The molecule has 2 rings (SSSR count). The molecule has 96 valence electrons. The fourth-order valence-corrected chi connectivity index (χ4v) is 2.02. The third-order valence-electron chi connectivity index (χ3n) is 3.02. The van der Waals surface area contributed by atoms with Crippen LogP contribution in [0.1, 0.15) is 25.7 Å². The predicted octanol–water partition coefficient (Wildman–Crippen LogP) is 1.69. The normalized spacial score (nSPS) is 16.3. The molecule has 0 heterocycles. The second-order valence-corrected chi connectivity index (χ2v) is 4.48. The van der Waals surface area contributed by atoms with E-state index >= 15 is 0 Å². The smallest absolute Gasteiger partial charge is 0.258 e. The first-order valence-corrected chi connectivity index (χ1v) is 6.23. The first-order chi connectivity index (χ1) is 8.74. The summed E-state index contributed by atoms with van der Waals surface area (Å²) in [5, 5.41) is 2.89. The van der Waals surface area contributed by atoms with E-state index in [0.29, 0.717) is 24.4 Å². The largest absolute Gasteiger partial charge is 0.484 e. The maximum Gasteiger partial charge on any atom is 0.258 e. The summed E-state index contributed by atoms with van der Waals surface area (Å²) in [5.74, 6) is 0.853. The van der Waals surface area contributed by atoms with Crippen LogP contribution in [0.3, 0.4) is 0 Å². The summed E-state index contributed by atoms with van der Waals surface area (Å²) < 4.78 is 5.35. The van der Waals surface area contributed by atoms with Gasteiger partial charge in [0.15, 0.2) is 6.61 Å². The van der Waals surface area contributed by atoms with Crippen LogP contribution in [0.2, 0.25) is 0 Å². The maximum absolute atomic E-state index is 11.6. The highest BCUT2D eigenvalue weighted by Crippen LogP contribution is 2.14. The van der Waals surface area contributed by atoms with Crippen molar-refractivity contribution in [2.75, 3.05) is 6.61 Å². The Morgan fingerprint density at radius 2 is 1.89 bits per heavy atom. The van der Waals surface area contributed by atoms with E-state index in [1.807, 2.05) is 30.3 Å². The first-order valence-electron chi connectivity index (χ1n) is 6.23. The number of ketones is 1. The monoisotopic (exact) mass is 247 g/mol. The van der Waals surface area contributed by atoms with E-state index in [1.54, 1.807) is 0 Å². The lowest BCUT2D eigenvalue weighted by Gasteiger charge is -2.22. The average Bonchev–Trinajstić information content (AvgIpc) is 2.40. The van der Waals surface area contributed by atoms with E-state index in [1.165, 1.54) is 0 Å². The van der Waals surface area contributed by atoms with Gasteiger partial charge >= 0.3 is 0 Å². The lowest BCUT2D eigenvalue weighted by molar-refractivity contribution is -0.126. The molecular formula is C14H17NO3. The van der Waals surface area contributed by atoms with E-state index in [9.17, 15) is 9.59 Å². The van der Waals surface area contributed by atoms with Gasteiger partial charge in [0.05, 0.1) is 0 Å². The molecule has 4 heteroatoms. The molecule has 1 amide bonds. The molecule has 1 fully saturated rings. The van der Waals surface area contributed by atoms with Crippen LogP contribution in [0.25, 0.3) is 0 Å². The summed E-state index contributed by atoms with van der Waals surface area (Å²) in [4.78, 5) is 22.7. The van der Waals surface area contributed by atoms with Crippen molar-refractivity contribution in [3.8, 4) is 5.75 Å². The standard InChI is InChI=1S/C14H17NO3/c16-12-8-6-11(7-9-12)15-14(17)10-18-13-4-2-1-3-5-13/h1-5,11H,6-10H2,(H,15,17). The fourth-order valence-electron chi connectivity index (χ4n) is 2.02. The number of Topliss-reactive ketones (excluding diaryl/α,β-unsaturated/α-hetero) is 1. The van der Waals surface area contributed by atoms with Crippen molar-refractivity contribution in [3.63, 3.8) is 0 Å². The van der Waals surface area contributed by atoms with Gasteiger partial charge in [-0.1, -0.05) is 18.2 Å². The molecule has 0 aromatic heterocycles. The maximum atomic E-state index is 11.6. The Hall–Kier alpha value is -1.84. The number of hydrogen-bond donors (Lipinski definition) is 1. The van der Waals surface area contributed by atoms with Crippen LogP contribution in [0.15, 0.2) is 30.3 Å². The third-order valence-corrected chi connectivity index (χ3v) is 3.02. The Kier molecular flexibility index (Phi) is 4.34. The van der Waals surface area contributed by atoms with Gasteiger partial charge in [-0.2, -0.15) is 0 Å². The Morgan fingerprint density at radius 1 is 1.22 bits per heavy atom. The summed E-state index contributed by atoms with van der Waals surface area (Å²) in [6, 6.07) is 9.36. The van der Waals surface area contributed by atoms with E-state index in [2.05, 4.69) is 5.32 Å². The molecule has 1 aromatic carbocycles. The molecule has 1 saturated carbocycles. The zero-order valence-corrected chi connectivity index (χ0v) is 10.2. The minimum Gasteiger partial charge on any atom is -0.484 e. The highest BCUT2D eigenvalue weighted by atomic mass is 16.5. The molecule has 1 N–H and O–H groups in total. The van der Waals surface area contributed by atoms with Crippen molar-refractivity contribution in [1.29, 1.82) is 0 Å². The van der Waals surface area contributed by atoms with Crippen molar-refractivity contribution < 1.29 is 14.3 Å². The van der Waals surface area contributed by atoms with Crippen molar-refractivity contribution in [1.82, 2.24) is 5.32 Å². The van der Waals surface area contributed by atoms with Crippen molar-refractivity contribution in [3.05, 3.63) is 30.3 Å². The van der Waals surface area contributed by atoms with Gasteiger partial charge in [0.1, 0.15) is 11.5 Å². The van der Waals surface area contributed by atoms with E-state index in [4.69, 9.17) is 4.74 Å². The molecule has 0 aliphatic heterocycles. The summed E-state index contributed by atoms with van der Waals surface area (Å²) >= 11 is 0. The summed E-state index contributed by atoms with van der Waals surface area (Å²) in [7, 11) is 0. The molecule has 0 spiro atoms. The van der Waals surface area contributed by atoms with Gasteiger partial charge in [0, 0.05) is 18.9 Å². The second-order valence-electron chi connectivity index (χ2n) is 4.48. The van der Waals surface area contributed by atoms with Gasteiger partial charge in [0.25, 0.3) is 5.91 Å². The lowest BCUT2D eigenvalue weighted by atomic mass is 9.94. The number of benzene rings is 1. The molecule has 1 aromatic rings. The Morgan fingerprint density at radius 3 is 2.56 bits per heavy atom. The van der Waals surface area contributed by atoms with Crippen LogP contribution in [0.4, 0.5) is 0 Å². The first kappa shape index (κ1) is 12.6. The van der Waals surface area contributed by atoms with Crippen LogP contribution in [0.5, 0.6) is 5.75 Å². The van der Waals surface area contributed by atoms with Crippen molar-refractivity contribution in [2.24, 2.45) is 0 Å². The van der Waals surface area contributed by atoms with Gasteiger partial charge in [-0.25, -0.2) is 0 Å². The van der Waals surface area contributed by atoms with Gasteiger partial charge < -0.3 is 10.1 Å². The number of hydrogen-bond acceptors (Lipinski definition) is 3. The minimum absolute atomic E-state index is 0.0223. The number of rotatable bonds is 4. The molecule has 0 bridgehead atoms. The van der Waals surface area contributed by atoms with Crippen LogP contribution < -0.4 is 10.1 Å². The zero-order chi connectivity index (χ0) is 12.8. The summed E-state index contributed by atoms with van der Waals surface area (Å²) in [6.45, 7) is 0.0223. The van der Waals surface area contributed by atoms with E-state index in [0.717, 1.165) is 12.8 Å². The van der Waals surface area contributed by atoms with Crippen LogP contribution >= 0.6 is 0 Å². The van der Waals surface area contributed by atoms with E-state index in [-0.39, 0.29) is 18.6 Å². The fraction of sp³-hybridized carbons (Fsp3) is 0.429. The molecule has 4 nitrogen and oxygen atoms in total. The lowest BCUT2D eigenvalue weighted by Crippen LogP contribution is -2.40. The Bertz CT molecular complexity index is 406. The van der Waals surface area contributed by atoms with Crippen molar-refractivity contribution >= 4 is 11.7 Å². The molecule has 0 saturated heterocycles. The quantitative estimate of drug-likeness (QED) is 0.881. The number of carbonyl (C=O) groups is 2. The van der Waals surface area contributed by atoms with Crippen molar-refractivity contribution in [2.45, 2.75) is 31.7 Å². The molecule has 0 unspecified atom stereocenters. The number of amides is 1. The van der Waals surface area contributed by atoms with Gasteiger partial charge in [0.2, 0.25) is 0 Å². The van der Waals surface area contributed by atoms with Gasteiger partial charge in [-0.15, -0.1) is 0 Å². The van der Waals surface area contributed by atoms with Gasteiger partial charge in [-0.3, -0.25) is 9.59 Å².